The number of alkyl halides is 3. The fourth-order valence-electron chi connectivity index (χ4n) is 1.83. The Hall–Kier alpha value is -1.92. The number of halogens is 3. The van der Waals surface area contributed by atoms with E-state index < -0.39 is 6.36 Å². The molecule has 0 heterocycles. The topological polar surface area (TPSA) is 50.4 Å². The van der Waals surface area contributed by atoms with Crippen LogP contribution < -0.4 is 15.4 Å². The highest BCUT2D eigenvalue weighted by molar-refractivity contribution is 5.81. The maximum Gasteiger partial charge on any atom is 0.573 e. The Morgan fingerprint density at radius 2 is 2.00 bits per heavy atom. The second-order valence-corrected chi connectivity index (χ2v) is 4.65. The zero-order valence-electron chi connectivity index (χ0n) is 12.0. The molecule has 0 fully saturated rings. The third kappa shape index (κ3) is 6.87. The van der Waals surface area contributed by atoms with Crippen molar-refractivity contribution in [3.63, 3.8) is 0 Å². The Morgan fingerprint density at radius 1 is 1.33 bits per heavy atom. The average molecular weight is 304 g/mol. The molecular formula is C14H19F3N2O2. The Labute approximate surface area is 121 Å². The van der Waals surface area contributed by atoms with Crippen LogP contribution in [0.15, 0.2) is 24.3 Å². The van der Waals surface area contributed by atoms with Crippen molar-refractivity contribution in [3.05, 3.63) is 24.3 Å². The Morgan fingerprint density at radius 3 is 2.62 bits per heavy atom. The SMILES string of the molecule is CCCC(C)NC(=O)CNc1ccccc1OC(F)(F)F. The quantitative estimate of drug-likeness (QED) is 0.812. The zero-order valence-corrected chi connectivity index (χ0v) is 12.0. The summed E-state index contributed by atoms with van der Waals surface area (Å²) in [6.07, 6.45) is -2.98. The molecule has 1 aromatic rings. The van der Waals surface area contributed by atoms with Crippen molar-refractivity contribution in [1.29, 1.82) is 0 Å². The number of benzene rings is 1. The zero-order chi connectivity index (χ0) is 15.9. The fraction of sp³-hybridized carbons (Fsp3) is 0.500. The molecule has 0 radical (unpaired) electrons. The van der Waals surface area contributed by atoms with Crippen molar-refractivity contribution in [2.24, 2.45) is 0 Å². The summed E-state index contributed by atoms with van der Waals surface area (Å²) in [6.45, 7) is 3.76. The predicted octanol–water partition coefficient (Wildman–Crippen LogP) is 3.30. The lowest BCUT2D eigenvalue weighted by Gasteiger charge is -2.16. The lowest BCUT2D eigenvalue weighted by molar-refractivity contribution is -0.274. The van der Waals surface area contributed by atoms with Crippen LogP contribution in [-0.2, 0) is 4.79 Å². The first-order valence-corrected chi connectivity index (χ1v) is 6.70. The summed E-state index contributed by atoms with van der Waals surface area (Å²) < 4.78 is 40.6. The van der Waals surface area contributed by atoms with Crippen LogP contribution in [-0.4, -0.2) is 24.9 Å². The number of para-hydroxylation sites is 2. The second-order valence-electron chi connectivity index (χ2n) is 4.65. The molecule has 0 saturated carbocycles. The number of carbonyl (C=O) groups excluding carboxylic acids is 1. The second kappa shape index (κ2) is 7.75. The van der Waals surface area contributed by atoms with Gasteiger partial charge in [0.2, 0.25) is 5.91 Å². The summed E-state index contributed by atoms with van der Waals surface area (Å²) in [5.41, 5.74) is 0.119. The molecule has 1 aromatic carbocycles. The first kappa shape index (κ1) is 17.1. The molecule has 2 N–H and O–H groups in total. The van der Waals surface area contributed by atoms with Crippen molar-refractivity contribution < 1.29 is 22.7 Å². The third-order valence-corrected chi connectivity index (χ3v) is 2.68. The van der Waals surface area contributed by atoms with E-state index in [0.717, 1.165) is 12.8 Å². The van der Waals surface area contributed by atoms with E-state index in [-0.39, 0.29) is 29.9 Å². The number of amides is 1. The highest BCUT2D eigenvalue weighted by Crippen LogP contribution is 2.29. The van der Waals surface area contributed by atoms with Crippen LogP contribution in [0.3, 0.4) is 0 Å². The van der Waals surface area contributed by atoms with Gasteiger partial charge in [-0.2, -0.15) is 0 Å². The van der Waals surface area contributed by atoms with Gasteiger partial charge in [-0.1, -0.05) is 25.5 Å². The Kier molecular flexibility index (Phi) is 6.33. The summed E-state index contributed by atoms with van der Waals surface area (Å²) in [5.74, 6) is -0.642. The molecule has 21 heavy (non-hydrogen) atoms. The molecule has 0 aromatic heterocycles. The molecule has 1 unspecified atom stereocenters. The number of nitrogens with one attached hydrogen (secondary N) is 2. The van der Waals surface area contributed by atoms with Gasteiger partial charge in [0.1, 0.15) is 0 Å². The maximum absolute atomic E-state index is 12.2. The van der Waals surface area contributed by atoms with Crippen molar-refractivity contribution >= 4 is 11.6 Å². The highest BCUT2D eigenvalue weighted by Gasteiger charge is 2.32. The van der Waals surface area contributed by atoms with Crippen molar-refractivity contribution in [2.75, 3.05) is 11.9 Å². The number of rotatable bonds is 7. The van der Waals surface area contributed by atoms with Crippen molar-refractivity contribution in [2.45, 2.75) is 39.1 Å². The average Bonchev–Trinajstić information content (AvgIpc) is 2.36. The fourth-order valence-corrected chi connectivity index (χ4v) is 1.83. The van der Waals surface area contributed by atoms with Gasteiger partial charge in [0.25, 0.3) is 0 Å². The minimum absolute atomic E-state index is 0.0333. The van der Waals surface area contributed by atoms with E-state index in [9.17, 15) is 18.0 Å². The standard InChI is InChI=1S/C14H19F3N2O2/c1-3-6-10(2)19-13(20)9-18-11-7-4-5-8-12(11)21-14(15,16)17/h4-5,7-8,10,18H,3,6,9H2,1-2H3,(H,19,20). The van der Waals surface area contributed by atoms with E-state index in [1.807, 2.05) is 13.8 Å². The highest BCUT2D eigenvalue weighted by atomic mass is 19.4. The van der Waals surface area contributed by atoms with Crippen LogP contribution in [0.2, 0.25) is 0 Å². The number of ether oxygens (including phenoxy) is 1. The van der Waals surface area contributed by atoms with Gasteiger partial charge >= 0.3 is 6.36 Å². The number of anilines is 1. The number of carbonyl (C=O) groups is 1. The lowest BCUT2D eigenvalue weighted by atomic mass is 10.2. The van der Waals surface area contributed by atoms with Gasteiger partial charge in [-0.05, 0) is 25.5 Å². The predicted molar refractivity (Wildman–Crippen MR) is 74.1 cm³/mol. The third-order valence-electron chi connectivity index (χ3n) is 2.68. The molecule has 0 aliphatic rings. The van der Waals surface area contributed by atoms with Gasteiger partial charge in [0, 0.05) is 6.04 Å². The molecule has 0 aliphatic heterocycles. The van der Waals surface area contributed by atoms with E-state index >= 15 is 0 Å². The first-order chi connectivity index (χ1) is 9.81. The van der Waals surface area contributed by atoms with Crippen LogP contribution in [0, 0.1) is 0 Å². The summed E-state index contributed by atoms with van der Waals surface area (Å²) in [6, 6.07) is 5.63. The Balaban J connectivity index is 2.57. The van der Waals surface area contributed by atoms with Crippen LogP contribution in [0.25, 0.3) is 0 Å². The maximum atomic E-state index is 12.2. The summed E-state index contributed by atoms with van der Waals surface area (Å²) >= 11 is 0. The number of hydrogen-bond acceptors (Lipinski definition) is 3. The summed E-state index contributed by atoms with van der Waals surface area (Å²) in [5, 5.41) is 5.40. The van der Waals surface area contributed by atoms with Gasteiger partial charge in [0.05, 0.1) is 12.2 Å². The van der Waals surface area contributed by atoms with E-state index in [4.69, 9.17) is 0 Å². The largest absolute Gasteiger partial charge is 0.573 e. The molecule has 1 atom stereocenters. The van der Waals surface area contributed by atoms with Gasteiger partial charge in [0.15, 0.2) is 5.75 Å². The van der Waals surface area contributed by atoms with Gasteiger partial charge < -0.3 is 15.4 Å². The molecule has 1 amide bonds. The van der Waals surface area contributed by atoms with E-state index in [2.05, 4.69) is 15.4 Å². The molecule has 1 rings (SSSR count). The minimum Gasteiger partial charge on any atom is -0.404 e. The van der Waals surface area contributed by atoms with Gasteiger partial charge in [-0.3, -0.25) is 4.79 Å². The van der Waals surface area contributed by atoms with Crippen LogP contribution in [0.1, 0.15) is 26.7 Å². The molecule has 7 heteroatoms. The van der Waals surface area contributed by atoms with Crippen molar-refractivity contribution in [1.82, 2.24) is 5.32 Å². The molecule has 118 valence electrons. The number of hydrogen-bond donors (Lipinski definition) is 2. The molecule has 4 nitrogen and oxygen atoms in total. The normalized spacial score (nSPS) is 12.6. The van der Waals surface area contributed by atoms with E-state index in [1.165, 1.54) is 18.2 Å². The molecule has 0 aliphatic carbocycles. The van der Waals surface area contributed by atoms with Crippen LogP contribution in [0.4, 0.5) is 18.9 Å². The summed E-state index contributed by atoms with van der Waals surface area (Å²) in [7, 11) is 0. The monoisotopic (exact) mass is 304 g/mol. The first-order valence-electron chi connectivity index (χ1n) is 6.70. The minimum atomic E-state index is -4.77. The Bertz CT molecular complexity index is 464. The molecule has 0 spiro atoms. The molecular weight excluding hydrogens is 285 g/mol. The van der Waals surface area contributed by atoms with Crippen molar-refractivity contribution in [3.8, 4) is 5.75 Å². The van der Waals surface area contributed by atoms with Gasteiger partial charge in [-0.15, -0.1) is 13.2 Å². The smallest absolute Gasteiger partial charge is 0.404 e. The van der Waals surface area contributed by atoms with Crippen LogP contribution in [0.5, 0.6) is 5.75 Å². The van der Waals surface area contributed by atoms with Crippen LogP contribution >= 0.6 is 0 Å². The van der Waals surface area contributed by atoms with Gasteiger partial charge in [-0.25, -0.2) is 0 Å². The van der Waals surface area contributed by atoms with E-state index in [0.29, 0.717) is 0 Å². The summed E-state index contributed by atoms with van der Waals surface area (Å²) in [4.78, 5) is 11.7. The molecule has 0 bridgehead atoms. The molecule has 0 saturated heterocycles. The lowest BCUT2D eigenvalue weighted by Crippen LogP contribution is -2.36. The van der Waals surface area contributed by atoms with E-state index in [1.54, 1.807) is 6.07 Å².